The second kappa shape index (κ2) is 7.10. The lowest BCUT2D eigenvalue weighted by molar-refractivity contribution is 0.0503. The quantitative estimate of drug-likeness (QED) is 0.492. The maximum atomic E-state index is 11.7. The standard InChI is InChI=1S/C16H22O4/c1-10(2)6-7-13-11(3)16(12(4)17)14(18)8-15(13)20-9-19-5/h6,8,18H,7,9H2,1-5H3. The first-order valence-corrected chi connectivity index (χ1v) is 6.50. The zero-order valence-corrected chi connectivity index (χ0v) is 12.7. The van der Waals surface area contributed by atoms with E-state index in [1.165, 1.54) is 25.7 Å². The highest BCUT2D eigenvalue weighted by atomic mass is 16.7. The highest BCUT2D eigenvalue weighted by molar-refractivity contribution is 5.98. The first-order chi connectivity index (χ1) is 9.38. The average Bonchev–Trinajstić information content (AvgIpc) is 2.34. The fraction of sp³-hybridized carbons (Fsp3) is 0.438. The van der Waals surface area contributed by atoms with E-state index >= 15 is 0 Å². The highest BCUT2D eigenvalue weighted by Crippen LogP contribution is 2.33. The second-order valence-electron chi connectivity index (χ2n) is 4.97. The molecule has 0 aromatic heterocycles. The molecular formula is C16H22O4. The lowest BCUT2D eigenvalue weighted by Gasteiger charge is -2.16. The molecule has 0 unspecified atom stereocenters. The van der Waals surface area contributed by atoms with Gasteiger partial charge in [0, 0.05) is 18.7 Å². The summed E-state index contributed by atoms with van der Waals surface area (Å²) in [5, 5.41) is 9.99. The van der Waals surface area contributed by atoms with Crippen molar-refractivity contribution in [1.29, 1.82) is 0 Å². The van der Waals surface area contributed by atoms with Crippen LogP contribution in [0.25, 0.3) is 0 Å². The van der Waals surface area contributed by atoms with Crippen molar-refractivity contribution in [3.8, 4) is 11.5 Å². The Bertz CT molecular complexity index is 526. The first-order valence-electron chi connectivity index (χ1n) is 6.50. The van der Waals surface area contributed by atoms with Crippen LogP contribution in [0.4, 0.5) is 0 Å². The van der Waals surface area contributed by atoms with Crippen molar-refractivity contribution < 1.29 is 19.4 Å². The fourth-order valence-electron chi connectivity index (χ4n) is 2.07. The number of methoxy groups -OCH3 is 1. The van der Waals surface area contributed by atoms with Gasteiger partial charge in [-0.2, -0.15) is 0 Å². The lowest BCUT2D eigenvalue weighted by Crippen LogP contribution is -2.07. The lowest BCUT2D eigenvalue weighted by atomic mass is 9.95. The Morgan fingerprint density at radius 3 is 2.50 bits per heavy atom. The summed E-state index contributed by atoms with van der Waals surface area (Å²) in [5.41, 5.74) is 3.18. The summed E-state index contributed by atoms with van der Waals surface area (Å²) in [6.45, 7) is 7.39. The van der Waals surface area contributed by atoms with Gasteiger partial charge in [-0.25, -0.2) is 0 Å². The molecule has 0 saturated heterocycles. The van der Waals surface area contributed by atoms with E-state index in [1.807, 2.05) is 20.8 Å². The van der Waals surface area contributed by atoms with E-state index in [1.54, 1.807) is 0 Å². The zero-order chi connectivity index (χ0) is 15.3. The summed E-state index contributed by atoms with van der Waals surface area (Å²) in [5.74, 6) is 0.336. The molecular weight excluding hydrogens is 256 g/mol. The summed E-state index contributed by atoms with van der Waals surface area (Å²) in [6.07, 6.45) is 2.71. The van der Waals surface area contributed by atoms with Gasteiger partial charge in [0.05, 0.1) is 5.56 Å². The molecule has 4 nitrogen and oxygen atoms in total. The van der Waals surface area contributed by atoms with Gasteiger partial charge in [-0.3, -0.25) is 4.79 Å². The summed E-state index contributed by atoms with van der Waals surface area (Å²) < 4.78 is 10.4. The minimum Gasteiger partial charge on any atom is -0.507 e. The molecule has 4 heteroatoms. The number of Topliss-reactive ketones (excluding diaryl/α,β-unsaturated/α-hetero) is 1. The molecule has 1 rings (SSSR count). The molecule has 1 aromatic carbocycles. The smallest absolute Gasteiger partial charge is 0.188 e. The minimum absolute atomic E-state index is 0.0537. The van der Waals surface area contributed by atoms with Crippen molar-refractivity contribution in [2.75, 3.05) is 13.9 Å². The number of hydrogen-bond donors (Lipinski definition) is 1. The molecule has 0 saturated carbocycles. The van der Waals surface area contributed by atoms with E-state index < -0.39 is 0 Å². The topological polar surface area (TPSA) is 55.8 Å². The Hall–Kier alpha value is -1.81. The van der Waals surface area contributed by atoms with Gasteiger partial charge in [-0.05, 0) is 39.7 Å². The Kier molecular flexibility index (Phi) is 5.77. The SMILES string of the molecule is COCOc1cc(O)c(C(C)=O)c(C)c1CC=C(C)C. The third kappa shape index (κ3) is 3.84. The molecule has 0 atom stereocenters. The van der Waals surface area contributed by atoms with Crippen molar-refractivity contribution in [2.24, 2.45) is 0 Å². The number of hydrogen-bond acceptors (Lipinski definition) is 4. The van der Waals surface area contributed by atoms with Crippen molar-refractivity contribution in [1.82, 2.24) is 0 Å². The summed E-state index contributed by atoms with van der Waals surface area (Å²) >= 11 is 0. The van der Waals surface area contributed by atoms with Crippen LogP contribution in [0, 0.1) is 6.92 Å². The molecule has 0 bridgehead atoms. The van der Waals surface area contributed by atoms with E-state index in [2.05, 4.69) is 6.08 Å². The highest BCUT2D eigenvalue weighted by Gasteiger charge is 2.18. The summed E-state index contributed by atoms with van der Waals surface area (Å²) in [6, 6.07) is 1.48. The van der Waals surface area contributed by atoms with Crippen molar-refractivity contribution in [3.05, 3.63) is 34.4 Å². The largest absolute Gasteiger partial charge is 0.507 e. The van der Waals surface area contributed by atoms with Crippen molar-refractivity contribution in [2.45, 2.75) is 34.1 Å². The van der Waals surface area contributed by atoms with Gasteiger partial charge in [-0.15, -0.1) is 0 Å². The van der Waals surface area contributed by atoms with Gasteiger partial charge in [0.15, 0.2) is 12.6 Å². The van der Waals surface area contributed by atoms with Crippen LogP contribution >= 0.6 is 0 Å². The van der Waals surface area contributed by atoms with E-state index in [0.29, 0.717) is 17.7 Å². The number of aromatic hydroxyl groups is 1. The fourth-order valence-corrected chi connectivity index (χ4v) is 2.07. The number of allylic oxidation sites excluding steroid dienone is 2. The number of rotatable bonds is 6. The van der Waals surface area contributed by atoms with Gasteiger partial charge in [0.1, 0.15) is 11.5 Å². The number of carbonyl (C=O) groups excluding carboxylic acids is 1. The molecule has 20 heavy (non-hydrogen) atoms. The van der Waals surface area contributed by atoms with E-state index in [4.69, 9.17) is 9.47 Å². The predicted molar refractivity (Wildman–Crippen MR) is 78.5 cm³/mol. The molecule has 0 fully saturated rings. The average molecular weight is 278 g/mol. The molecule has 1 N–H and O–H groups in total. The molecule has 1 aromatic rings. The molecule has 0 radical (unpaired) electrons. The van der Waals surface area contributed by atoms with Crippen LogP contribution in [0.1, 0.15) is 42.3 Å². The molecule has 0 amide bonds. The van der Waals surface area contributed by atoms with E-state index in [9.17, 15) is 9.90 Å². The molecule has 0 heterocycles. The Balaban J connectivity index is 3.35. The summed E-state index contributed by atoms with van der Waals surface area (Å²) in [4.78, 5) is 11.7. The van der Waals surface area contributed by atoms with Crippen molar-refractivity contribution >= 4 is 5.78 Å². The van der Waals surface area contributed by atoms with E-state index in [-0.39, 0.29) is 18.3 Å². The Morgan fingerprint density at radius 1 is 1.35 bits per heavy atom. The third-order valence-electron chi connectivity index (χ3n) is 3.05. The van der Waals surface area contributed by atoms with Gasteiger partial charge < -0.3 is 14.6 Å². The summed E-state index contributed by atoms with van der Waals surface area (Å²) in [7, 11) is 1.53. The van der Waals surface area contributed by atoms with Gasteiger partial charge in [0.2, 0.25) is 0 Å². The number of ether oxygens (including phenoxy) is 2. The van der Waals surface area contributed by atoms with Crippen LogP contribution < -0.4 is 4.74 Å². The van der Waals surface area contributed by atoms with Crippen LogP contribution in [0.2, 0.25) is 0 Å². The maximum absolute atomic E-state index is 11.7. The Morgan fingerprint density at radius 2 is 2.00 bits per heavy atom. The Labute approximate surface area is 120 Å². The number of carbonyl (C=O) groups is 1. The molecule has 0 aliphatic carbocycles. The molecule has 0 aliphatic rings. The monoisotopic (exact) mass is 278 g/mol. The third-order valence-corrected chi connectivity index (χ3v) is 3.05. The molecule has 0 aliphatic heterocycles. The van der Waals surface area contributed by atoms with Crippen molar-refractivity contribution in [3.63, 3.8) is 0 Å². The number of ketones is 1. The maximum Gasteiger partial charge on any atom is 0.188 e. The van der Waals surface area contributed by atoms with Gasteiger partial charge >= 0.3 is 0 Å². The molecule has 0 spiro atoms. The zero-order valence-electron chi connectivity index (χ0n) is 12.7. The molecule has 110 valence electrons. The van der Waals surface area contributed by atoms with Crippen LogP contribution in [0.15, 0.2) is 17.7 Å². The first kappa shape index (κ1) is 16.2. The van der Waals surface area contributed by atoms with Gasteiger partial charge in [0.25, 0.3) is 0 Å². The van der Waals surface area contributed by atoms with Crippen LogP contribution in [0.5, 0.6) is 11.5 Å². The predicted octanol–water partition coefficient (Wildman–Crippen LogP) is 3.39. The number of benzene rings is 1. The van der Waals surface area contributed by atoms with Crippen LogP contribution in [0.3, 0.4) is 0 Å². The van der Waals surface area contributed by atoms with Crippen LogP contribution in [-0.2, 0) is 11.2 Å². The number of phenolic OH excluding ortho intramolecular Hbond substituents is 1. The van der Waals surface area contributed by atoms with E-state index in [0.717, 1.165) is 11.1 Å². The normalized spacial score (nSPS) is 10.2. The number of phenols is 1. The second-order valence-corrected chi connectivity index (χ2v) is 4.97. The van der Waals surface area contributed by atoms with Gasteiger partial charge in [-0.1, -0.05) is 11.6 Å². The van der Waals surface area contributed by atoms with Crippen LogP contribution in [-0.4, -0.2) is 24.8 Å². The minimum atomic E-state index is -0.156.